The fraction of sp³-hybridized carbons (Fsp3) is 0.500. The predicted octanol–water partition coefficient (Wildman–Crippen LogP) is 0.929. The van der Waals surface area contributed by atoms with E-state index in [1.165, 1.54) is 0 Å². The third kappa shape index (κ3) is 4.93. The lowest BCUT2D eigenvalue weighted by Gasteiger charge is -2.11. The molecule has 0 spiro atoms. The van der Waals surface area contributed by atoms with E-state index in [9.17, 15) is 13.2 Å². The molecule has 0 aliphatic carbocycles. The molecule has 0 saturated carbocycles. The molecule has 1 aromatic rings. The van der Waals surface area contributed by atoms with E-state index in [1.807, 2.05) is 24.3 Å². The van der Waals surface area contributed by atoms with Crippen molar-refractivity contribution in [3.05, 3.63) is 29.8 Å². The van der Waals surface area contributed by atoms with Gasteiger partial charge in [-0.3, -0.25) is 0 Å². The van der Waals surface area contributed by atoms with Crippen LogP contribution in [-0.4, -0.2) is 39.6 Å². The number of ether oxygens (including phenoxy) is 1. The Morgan fingerprint density at radius 2 is 2.19 bits per heavy atom. The second kappa shape index (κ2) is 6.80. The fourth-order valence-electron chi connectivity index (χ4n) is 2.30. The van der Waals surface area contributed by atoms with Gasteiger partial charge in [0.1, 0.15) is 5.75 Å². The number of carbonyl (C=O) groups excluding carboxylic acids is 1. The number of carbonyl (C=O) groups is 1. The van der Waals surface area contributed by atoms with E-state index in [4.69, 9.17) is 4.74 Å². The van der Waals surface area contributed by atoms with E-state index in [1.54, 1.807) is 7.11 Å². The number of benzene rings is 1. The van der Waals surface area contributed by atoms with Gasteiger partial charge in [0.05, 0.1) is 18.6 Å². The number of amides is 2. The van der Waals surface area contributed by atoms with Crippen molar-refractivity contribution in [3.8, 4) is 5.75 Å². The lowest BCUT2D eigenvalue weighted by atomic mass is 10.1. The van der Waals surface area contributed by atoms with Crippen LogP contribution in [0.3, 0.4) is 0 Å². The molecule has 1 atom stereocenters. The van der Waals surface area contributed by atoms with Gasteiger partial charge in [0.15, 0.2) is 9.84 Å². The molecule has 1 saturated heterocycles. The van der Waals surface area contributed by atoms with Gasteiger partial charge in [-0.1, -0.05) is 12.1 Å². The number of nitrogens with one attached hydrogen (secondary N) is 2. The topological polar surface area (TPSA) is 84.5 Å². The molecule has 0 aromatic heterocycles. The van der Waals surface area contributed by atoms with Crippen molar-refractivity contribution < 1.29 is 17.9 Å². The third-order valence-electron chi connectivity index (χ3n) is 3.47. The number of rotatable bonds is 5. The van der Waals surface area contributed by atoms with Crippen molar-refractivity contribution in [1.82, 2.24) is 10.6 Å². The number of urea groups is 1. The second-order valence-corrected chi connectivity index (χ2v) is 7.41. The predicted molar refractivity (Wildman–Crippen MR) is 80.0 cm³/mol. The SMILES string of the molecule is COc1cccc(CNC(=O)NCC2CCS(=O)(=O)C2)c1. The van der Waals surface area contributed by atoms with Crippen molar-refractivity contribution in [2.45, 2.75) is 13.0 Å². The van der Waals surface area contributed by atoms with Gasteiger partial charge in [0.2, 0.25) is 0 Å². The van der Waals surface area contributed by atoms with Gasteiger partial charge >= 0.3 is 6.03 Å². The molecule has 1 fully saturated rings. The van der Waals surface area contributed by atoms with Gasteiger partial charge in [-0.05, 0) is 30.0 Å². The van der Waals surface area contributed by atoms with Crippen LogP contribution in [-0.2, 0) is 16.4 Å². The van der Waals surface area contributed by atoms with E-state index in [0.717, 1.165) is 11.3 Å². The van der Waals surface area contributed by atoms with Gasteiger partial charge in [-0.2, -0.15) is 0 Å². The summed E-state index contributed by atoms with van der Waals surface area (Å²) in [6.45, 7) is 0.787. The summed E-state index contributed by atoms with van der Waals surface area (Å²) in [6, 6.07) is 7.15. The van der Waals surface area contributed by atoms with E-state index >= 15 is 0 Å². The van der Waals surface area contributed by atoms with E-state index in [2.05, 4.69) is 10.6 Å². The summed E-state index contributed by atoms with van der Waals surface area (Å²) in [5, 5.41) is 5.46. The van der Waals surface area contributed by atoms with Gasteiger partial charge < -0.3 is 15.4 Å². The minimum atomic E-state index is -2.89. The van der Waals surface area contributed by atoms with Crippen LogP contribution in [0, 0.1) is 5.92 Å². The summed E-state index contributed by atoms with van der Waals surface area (Å²) in [4.78, 5) is 11.7. The summed E-state index contributed by atoms with van der Waals surface area (Å²) < 4.78 is 27.7. The third-order valence-corrected chi connectivity index (χ3v) is 5.30. The fourth-order valence-corrected chi connectivity index (χ4v) is 4.16. The molecular weight excluding hydrogens is 292 g/mol. The van der Waals surface area contributed by atoms with Gasteiger partial charge in [-0.25, -0.2) is 13.2 Å². The summed E-state index contributed by atoms with van der Waals surface area (Å²) >= 11 is 0. The molecule has 21 heavy (non-hydrogen) atoms. The van der Waals surface area contributed by atoms with E-state index in [-0.39, 0.29) is 23.5 Å². The molecule has 2 N–H and O–H groups in total. The van der Waals surface area contributed by atoms with Crippen LogP contribution in [0.4, 0.5) is 4.79 Å². The minimum absolute atomic E-state index is 0.0255. The molecule has 1 heterocycles. The Morgan fingerprint density at radius 1 is 1.38 bits per heavy atom. The van der Waals surface area contributed by atoms with Crippen LogP contribution >= 0.6 is 0 Å². The van der Waals surface area contributed by atoms with Crippen molar-refractivity contribution in [1.29, 1.82) is 0 Å². The van der Waals surface area contributed by atoms with Crippen LogP contribution in [0.5, 0.6) is 5.75 Å². The van der Waals surface area contributed by atoms with Gasteiger partial charge in [0, 0.05) is 13.1 Å². The minimum Gasteiger partial charge on any atom is -0.497 e. The molecule has 7 heteroatoms. The number of sulfone groups is 1. The van der Waals surface area contributed by atoms with Crippen molar-refractivity contribution in [2.75, 3.05) is 25.2 Å². The van der Waals surface area contributed by atoms with Crippen LogP contribution in [0.25, 0.3) is 0 Å². The zero-order valence-electron chi connectivity index (χ0n) is 12.0. The Kier molecular flexibility index (Phi) is 5.06. The highest BCUT2D eigenvalue weighted by atomic mass is 32.2. The molecule has 1 aliphatic heterocycles. The van der Waals surface area contributed by atoms with Crippen molar-refractivity contribution >= 4 is 15.9 Å². The maximum Gasteiger partial charge on any atom is 0.315 e. The average Bonchev–Trinajstić information content (AvgIpc) is 2.82. The molecule has 0 bridgehead atoms. The van der Waals surface area contributed by atoms with Crippen LogP contribution < -0.4 is 15.4 Å². The summed E-state index contributed by atoms with van der Waals surface area (Å²) in [5.74, 6) is 1.16. The Labute approximate surface area is 124 Å². The number of hydrogen-bond donors (Lipinski definition) is 2. The molecular formula is C14H20N2O4S. The first-order valence-corrected chi connectivity index (χ1v) is 8.66. The van der Waals surface area contributed by atoms with Crippen molar-refractivity contribution in [2.24, 2.45) is 5.92 Å². The lowest BCUT2D eigenvalue weighted by Crippen LogP contribution is -2.38. The van der Waals surface area contributed by atoms with E-state index in [0.29, 0.717) is 19.5 Å². The lowest BCUT2D eigenvalue weighted by molar-refractivity contribution is 0.239. The Balaban J connectivity index is 1.72. The van der Waals surface area contributed by atoms with Crippen LogP contribution in [0.2, 0.25) is 0 Å². The smallest absolute Gasteiger partial charge is 0.315 e. The highest BCUT2D eigenvalue weighted by Crippen LogP contribution is 2.17. The molecule has 116 valence electrons. The summed E-state index contributed by atoms with van der Waals surface area (Å²) in [7, 11) is -1.30. The molecule has 6 nitrogen and oxygen atoms in total. The van der Waals surface area contributed by atoms with Crippen LogP contribution in [0.1, 0.15) is 12.0 Å². The van der Waals surface area contributed by atoms with E-state index < -0.39 is 9.84 Å². The van der Waals surface area contributed by atoms with Gasteiger partial charge in [0.25, 0.3) is 0 Å². The normalized spacial score (nSPS) is 20.0. The quantitative estimate of drug-likeness (QED) is 0.847. The monoisotopic (exact) mass is 312 g/mol. The van der Waals surface area contributed by atoms with Crippen molar-refractivity contribution in [3.63, 3.8) is 0 Å². The summed E-state index contributed by atoms with van der Waals surface area (Å²) in [6.07, 6.45) is 0.624. The highest BCUT2D eigenvalue weighted by molar-refractivity contribution is 7.91. The Morgan fingerprint density at radius 3 is 2.86 bits per heavy atom. The standard InChI is InChI=1S/C14H20N2O4S/c1-20-13-4-2-3-11(7-13)8-15-14(17)16-9-12-5-6-21(18,19)10-12/h2-4,7,12H,5-6,8-10H2,1H3,(H2,15,16,17). The molecule has 2 rings (SSSR count). The average molecular weight is 312 g/mol. The van der Waals surface area contributed by atoms with Crippen LogP contribution in [0.15, 0.2) is 24.3 Å². The molecule has 2 amide bonds. The first-order valence-electron chi connectivity index (χ1n) is 6.83. The maximum absolute atomic E-state index is 11.7. The molecule has 1 aromatic carbocycles. The maximum atomic E-state index is 11.7. The Bertz CT molecular complexity index is 601. The zero-order valence-corrected chi connectivity index (χ0v) is 12.8. The highest BCUT2D eigenvalue weighted by Gasteiger charge is 2.27. The summed E-state index contributed by atoms with van der Waals surface area (Å²) in [5.41, 5.74) is 0.938. The zero-order chi connectivity index (χ0) is 15.3. The number of hydrogen-bond acceptors (Lipinski definition) is 4. The largest absolute Gasteiger partial charge is 0.497 e. The van der Waals surface area contributed by atoms with Gasteiger partial charge in [-0.15, -0.1) is 0 Å². The molecule has 0 radical (unpaired) electrons. The second-order valence-electron chi connectivity index (χ2n) is 5.18. The number of methoxy groups -OCH3 is 1. The Hall–Kier alpha value is -1.76. The molecule has 1 unspecified atom stereocenters. The first kappa shape index (κ1) is 15.6. The first-order chi connectivity index (χ1) is 9.98. The molecule has 1 aliphatic rings.